The Hall–Kier alpha value is -3.25. The summed E-state index contributed by atoms with van der Waals surface area (Å²) in [6, 6.07) is 18.2. The van der Waals surface area contributed by atoms with Crippen LogP contribution in [0.3, 0.4) is 0 Å². The minimum atomic E-state index is -0.0818. The molecule has 4 rings (SSSR count). The molecule has 0 aliphatic carbocycles. The number of nitrogens with one attached hydrogen (secondary N) is 1. The normalized spacial score (nSPS) is 15.1. The van der Waals surface area contributed by atoms with Gasteiger partial charge in [-0.25, -0.2) is 5.01 Å². The predicted molar refractivity (Wildman–Crippen MR) is 131 cm³/mol. The summed E-state index contributed by atoms with van der Waals surface area (Å²) in [5, 5.41) is 2.03. The second kappa shape index (κ2) is 10.6. The molecule has 2 heterocycles. The van der Waals surface area contributed by atoms with Crippen LogP contribution in [0.4, 0.5) is 0 Å². The summed E-state index contributed by atoms with van der Waals surface area (Å²) >= 11 is 0. The number of rotatable bonds is 8. The molecule has 1 aromatic heterocycles. The van der Waals surface area contributed by atoms with E-state index in [1.165, 1.54) is 12.0 Å². The van der Waals surface area contributed by atoms with Crippen molar-refractivity contribution in [1.82, 2.24) is 15.0 Å². The molecule has 174 valence electrons. The number of hydrazine groups is 1. The van der Waals surface area contributed by atoms with Crippen molar-refractivity contribution in [2.75, 3.05) is 27.3 Å². The number of carbonyl (C=O) groups excluding carboxylic acids is 1. The summed E-state index contributed by atoms with van der Waals surface area (Å²) in [6.07, 6.45) is 6.29. The van der Waals surface area contributed by atoms with Crippen LogP contribution in [-0.2, 0) is 0 Å². The van der Waals surface area contributed by atoms with Gasteiger partial charge in [0.25, 0.3) is 5.91 Å². The Labute approximate surface area is 196 Å². The Morgan fingerprint density at radius 3 is 2.42 bits per heavy atom. The lowest BCUT2D eigenvalue weighted by Crippen LogP contribution is -2.44. The Morgan fingerprint density at radius 1 is 1.00 bits per heavy atom. The van der Waals surface area contributed by atoms with Gasteiger partial charge in [0.2, 0.25) is 0 Å². The van der Waals surface area contributed by atoms with Crippen LogP contribution >= 0.6 is 0 Å². The van der Waals surface area contributed by atoms with Crippen molar-refractivity contribution in [3.05, 3.63) is 71.9 Å². The molecule has 0 spiro atoms. The van der Waals surface area contributed by atoms with Gasteiger partial charge < -0.3 is 14.0 Å². The molecule has 1 amide bonds. The molecule has 3 aromatic rings. The fourth-order valence-electron chi connectivity index (χ4n) is 4.57. The molecule has 1 fully saturated rings. The van der Waals surface area contributed by atoms with Gasteiger partial charge in [-0.05, 0) is 49.1 Å². The number of benzene rings is 2. The van der Waals surface area contributed by atoms with E-state index >= 15 is 0 Å². The van der Waals surface area contributed by atoms with E-state index in [2.05, 4.69) is 41.2 Å². The molecular weight excluding hydrogens is 414 g/mol. The molecule has 0 radical (unpaired) electrons. The highest BCUT2D eigenvalue weighted by Crippen LogP contribution is 2.38. The number of piperidine rings is 1. The highest BCUT2D eigenvalue weighted by atomic mass is 16.5. The van der Waals surface area contributed by atoms with E-state index in [1.54, 1.807) is 14.2 Å². The molecule has 1 saturated heterocycles. The first-order valence-corrected chi connectivity index (χ1v) is 11.7. The van der Waals surface area contributed by atoms with E-state index < -0.39 is 0 Å². The summed E-state index contributed by atoms with van der Waals surface area (Å²) in [6.45, 7) is 3.95. The summed E-state index contributed by atoms with van der Waals surface area (Å²) < 4.78 is 13.4. The lowest BCUT2D eigenvalue weighted by Gasteiger charge is -2.26. The minimum absolute atomic E-state index is 0.0774. The lowest BCUT2D eigenvalue weighted by atomic mass is 10.0. The zero-order valence-electron chi connectivity index (χ0n) is 19.7. The van der Waals surface area contributed by atoms with Crippen molar-refractivity contribution in [2.24, 2.45) is 0 Å². The highest BCUT2D eigenvalue weighted by molar-refractivity contribution is 5.95. The summed E-state index contributed by atoms with van der Waals surface area (Å²) in [5.74, 6) is 1.40. The number of hydrogen-bond donors (Lipinski definition) is 1. The maximum Gasteiger partial charge on any atom is 0.267 e. The zero-order valence-corrected chi connectivity index (χ0v) is 19.7. The summed E-state index contributed by atoms with van der Waals surface area (Å²) in [4.78, 5) is 13.2. The fourth-order valence-corrected chi connectivity index (χ4v) is 4.57. The van der Waals surface area contributed by atoms with Gasteiger partial charge in [-0.1, -0.05) is 43.7 Å². The number of ether oxygens (including phenoxy) is 2. The molecule has 1 aliphatic rings. The molecule has 6 nitrogen and oxygen atoms in total. The topological polar surface area (TPSA) is 55.7 Å². The van der Waals surface area contributed by atoms with E-state index in [4.69, 9.17) is 9.47 Å². The van der Waals surface area contributed by atoms with Crippen LogP contribution in [0.5, 0.6) is 11.5 Å². The van der Waals surface area contributed by atoms with Crippen LogP contribution in [0.15, 0.2) is 60.8 Å². The largest absolute Gasteiger partial charge is 0.497 e. The third-order valence-corrected chi connectivity index (χ3v) is 6.32. The summed E-state index contributed by atoms with van der Waals surface area (Å²) in [5.41, 5.74) is 6.74. The smallest absolute Gasteiger partial charge is 0.267 e. The maximum atomic E-state index is 13.2. The fraction of sp³-hybridized carbons (Fsp3) is 0.370. The van der Waals surface area contributed by atoms with Crippen LogP contribution in [0, 0.1) is 0 Å². The van der Waals surface area contributed by atoms with Crippen LogP contribution < -0.4 is 14.9 Å². The van der Waals surface area contributed by atoms with E-state index in [0.29, 0.717) is 5.56 Å². The van der Waals surface area contributed by atoms with Crippen LogP contribution in [-0.4, -0.2) is 42.8 Å². The number of aromatic nitrogens is 1. The number of amides is 1. The first-order valence-electron chi connectivity index (χ1n) is 11.7. The quantitative estimate of drug-likeness (QED) is 0.509. The van der Waals surface area contributed by atoms with E-state index in [-0.39, 0.29) is 11.9 Å². The van der Waals surface area contributed by atoms with E-state index in [1.807, 2.05) is 41.5 Å². The third-order valence-electron chi connectivity index (χ3n) is 6.32. The van der Waals surface area contributed by atoms with Gasteiger partial charge in [-0.2, -0.15) is 0 Å². The Balaban J connectivity index is 1.79. The molecule has 1 aliphatic heterocycles. The molecular formula is C27H33N3O3. The van der Waals surface area contributed by atoms with Crippen LogP contribution in [0.2, 0.25) is 0 Å². The molecule has 2 aromatic carbocycles. The van der Waals surface area contributed by atoms with Gasteiger partial charge >= 0.3 is 0 Å². The third kappa shape index (κ3) is 5.06. The van der Waals surface area contributed by atoms with Crippen molar-refractivity contribution in [3.63, 3.8) is 0 Å². The second-order valence-electron chi connectivity index (χ2n) is 8.41. The van der Waals surface area contributed by atoms with E-state index in [9.17, 15) is 4.79 Å². The van der Waals surface area contributed by atoms with Crippen LogP contribution in [0.25, 0.3) is 11.3 Å². The molecule has 1 unspecified atom stereocenters. The van der Waals surface area contributed by atoms with Crippen LogP contribution in [0.1, 0.15) is 54.6 Å². The number of methoxy groups -OCH3 is 2. The van der Waals surface area contributed by atoms with Gasteiger partial charge in [0.05, 0.1) is 31.5 Å². The average molecular weight is 448 g/mol. The van der Waals surface area contributed by atoms with Crippen molar-refractivity contribution >= 4 is 5.91 Å². The van der Waals surface area contributed by atoms with Crippen molar-refractivity contribution in [1.29, 1.82) is 0 Å². The standard InChI is InChI=1S/C27H33N3O3/c1-4-24(20-11-7-5-8-12-20)30-19-21(27(31)28-29-15-9-6-10-16-29)17-25(30)23-18-22(32-2)13-14-26(23)33-3/h5,7-8,11-14,17-19,24H,4,6,9-10,15-16H2,1-3H3,(H,28,31). The number of carbonyl (C=O) groups is 1. The molecule has 0 saturated carbocycles. The molecule has 33 heavy (non-hydrogen) atoms. The van der Waals surface area contributed by atoms with Gasteiger partial charge in [0.15, 0.2) is 0 Å². The predicted octanol–water partition coefficient (Wildman–Crippen LogP) is 5.30. The number of hydrogen-bond acceptors (Lipinski definition) is 4. The SMILES string of the molecule is CCC(c1ccccc1)n1cc(C(=O)NN2CCCCC2)cc1-c1cc(OC)ccc1OC. The van der Waals surface area contributed by atoms with Gasteiger partial charge in [-0.3, -0.25) is 10.2 Å². The van der Waals surface area contributed by atoms with Gasteiger partial charge in [0.1, 0.15) is 11.5 Å². The highest BCUT2D eigenvalue weighted by Gasteiger charge is 2.23. The van der Waals surface area contributed by atoms with Gasteiger partial charge in [-0.15, -0.1) is 0 Å². The van der Waals surface area contributed by atoms with Crippen molar-refractivity contribution in [2.45, 2.75) is 38.6 Å². The first kappa shape index (κ1) is 22.9. The Bertz CT molecular complexity index is 1070. The monoisotopic (exact) mass is 447 g/mol. The average Bonchev–Trinajstić information content (AvgIpc) is 3.30. The Morgan fingerprint density at radius 2 is 1.76 bits per heavy atom. The second-order valence-corrected chi connectivity index (χ2v) is 8.41. The molecule has 1 N–H and O–H groups in total. The zero-order chi connectivity index (χ0) is 23.2. The summed E-state index contributed by atoms with van der Waals surface area (Å²) in [7, 11) is 3.32. The van der Waals surface area contributed by atoms with Crippen molar-refractivity contribution < 1.29 is 14.3 Å². The number of nitrogens with zero attached hydrogens (tertiary/aromatic N) is 2. The van der Waals surface area contributed by atoms with Gasteiger partial charge in [0, 0.05) is 24.8 Å². The minimum Gasteiger partial charge on any atom is -0.497 e. The molecule has 6 heteroatoms. The lowest BCUT2D eigenvalue weighted by molar-refractivity contribution is 0.0750. The molecule has 0 bridgehead atoms. The first-order chi connectivity index (χ1) is 16.1. The Kier molecular flexibility index (Phi) is 7.35. The maximum absolute atomic E-state index is 13.2. The van der Waals surface area contributed by atoms with E-state index in [0.717, 1.165) is 55.1 Å². The molecule has 1 atom stereocenters. The van der Waals surface area contributed by atoms with Crippen molar-refractivity contribution in [3.8, 4) is 22.8 Å².